The van der Waals surface area contributed by atoms with E-state index in [9.17, 15) is 4.79 Å². The minimum absolute atomic E-state index is 0. The summed E-state index contributed by atoms with van der Waals surface area (Å²) in [5.41, 5.74) is 0. The fourth-order valence-electron chi connectivity index (χ4n) is 2.00. The van der Waals surface area contributed by atoms with E-state index in [4.69, 9.17) is 21.1 Å². The summed E-state index contributed by atoms with van der Waals surface area (Å²) in [4.78, 5) is 11.4. The van der Waals surface area contributed by atoms with Gasteiger partial charge in [0, 0.05) is 19.0 Å². The van der Waals surface area contributed by atoms with Gasteiger partial charge in [0.15, 0.2) is 0 Å². The van der Waals surface area contributed by atoms with Crippen molar-refractivity contribution < 1.29 is 19.0 Å². The van der Waals surface area contributed by atoms with Crippen LogP contribution in [0.4, 0.5) is 0 Å². The van der Waals surface area contributed by atoms with E-state index in [2.05, 4.69) is 10.1 Å². The maximum absolute atomic E-state index is 11.4. The fraction of sp³-hybridized carbons (Fsp3) is 0.462. The molecule has 7 heteroatoms. The molecule has 1 N–H and O–H groups in total. The Labute approximate surface area is 128 Å². The molecule has 112 valence electrons. The van der Waals surface area contributed by atoms with Crippen molar-refractivity contribution >= 4 is 30.0 Å². The van der Waals surface area contributed by atoms with E-state index in [0.717, 1.165) is 0 Å². The first-order valence-corrected chi connectivity index (χ1v) is 6.33. The van der Waals surface area contributed by atoms with E-state index < -0.39 is 0 Å². The predicted molar refractivity (Wildman–Crippen MR) is 78.1 cm³/mol. The molecule has 0 spiro atoms. The van der Waals surface area contributed by atoms with Crippen LogP contribution in [0.2, 0.25) is 5.02 Å². The minimum Gasteiger partial charge on any atom is -0.497 e. The summed E-state index contributed by atoms with van der Waals surface area (Å²) in [5, 5.41) is 3.54. The number of methoxy groups -OCH3 is 2. The average molecular weight is 322 g/mol. The molecule has 0 aromatic heterocycles. The lowest BCUT2D eigenvalue weighted by molar-refractivity contribution is -0.142. The van der Waals surface area contributed by atoms with Gasteiger partial charge in [-0.15, -0.1) is 12.4 Å². The summed E-state index contributed by atoms with van der Waals surface area (Å²) in [5.74, 6) is 0.987. The summed E-state index contributed by atoms with van der Waals surface area (Å²) in [6, 6.07) is 4.91. The van der Waals surface area contributed by atoms with Crippen LogP contribution in [-0.4, -0.2) is 38.9 Å². The molecule has 0 bridgehead atoms. The molecular formula is C13H17Cl2NO4. The van der Waals surface area contributed by atoms with Gasteiger partial charge in [0.05, 0.1) is 19.2 Å². The molecule has 0 saturated carbocycles. The molecule has 1 aromatic carbocycles. The van der Waals surface area contributed by atoms with Crippen LogP contribution in [0, 0.1) is 0 Å². The van der Waals surface area contributed by atoms with Crippen LogP contribution in [0.15, 0.2) is 18.2 Å². The Balaban J connectivity index is 0.00000200. The molecular weight excluding hydrogens is 305 g/mol. The Morgan fingerprint density at radius 2 is 2.15 bits per heavy atom. The van der Waals surface area contributed by atoms with Gasteiger partial charge in [0.25, 0.3) is 0 Å². The molecule has 0 aliphatic carbocycles. The first-order valence-electron chi connectivity index (χ1n) is 5.95. The van der Waals surface area contributed by atoms with Gasteiger partial charge in [0.2, 0.25) is 0 Å². The number of hydrogen-bond donors (Lipinski definition) is 1. The van der Waals surface area contributed by atoms with Crippen molar-refractivity contribution in [3.63, 3.8) is 0 Å². The zero-order chi connectivity index (χ0) is 13.8. The molecule has 5 nitrogen and oxygen atoms in total. The lowest BCUT2D eigenvalue weighted by Crippen LogP contribution is -2.31. The standard InChI is InChI=1S/C13H16ClNO4.ClH/c1-17-8-3-4-12(10(14)5-8)19-9-6-11(15-7-9)13(16)18-2;/h3-5,9,11,15H,6-7H2,1-2H3;1H/t9-,11+;/m1./s1. The van der Waals surface area contributed by atoms with Gasteiger partial charge in [0.1, 0.15) is 23.6 Å². The van der Waals surface area contributed by atoms with Crippen molar-refractivity contribution in [3.05, 3.63) is 23.2 Å². The Morgan fingerprint density at radius 1 is 1.40 bits per heavy atom. The largest absolute Gasteiger partial charge is 0.497 e. The van der Waals surface area contributed by atoms with Crippen molar-refractivity contribution in [2.75, 3.05) is 20.8 Å². The first-order chi connectivity index (χ1) is 9.13. The van der Waals surface area contributed by atoms with Crippen molar-refractivity contribution in [2.24, 2.45) is 0 Å². The first kappa shape index (κ1) is 16.9. The van der Waals surface area contributed by atoms with Gasteiger partial charge in [-0.3, -0.25) is 4.79 Å². The highest BCUT2D eigenvalue weighted by atomic mass is 35.5. The summed E-state index contributed by atoms with van der Waals surface area (Å²) < 4.78 is 15.5. The van der Waals surface area contributed by atoms with Gasteiger partial charge in [-0.05, 0) is 12.1 Å². The Bertz CT molecular complexity index is 470. The smallest absolute Gasteiger partial charge is 0.323 e. The van der Waals surface area contributed by atoms with Crippen LogP contribution in [0.25, 0.3) is 0 Å². The van der Waals surface area contributed by atoms with E-state index >= 15 is 0 Å². The number of carbonyl (C=O) groups excluding carboxylic acids is 1. The molecule has 1 heterocycles. The van der Waals surface area contributed by atoms with Crippen LogP contribution in [0.3, 0.4) is 0 Å². The lowest BCUT2D eigenvalue weighted by atomic mass is 10.2. The fourth-order valence-corrected chi connectivity index (χ4v) is 2.21. The third kappa shape index (κ3) is 3.91. The average Bonchev–Trinajstić information content (AvgIpc) is 2.88. The summed E-state index contributed by atoms with van der Waals surface area (Å²) in [6.07, 6.45) is 0.463. The van der Waals surface area contributed by atoms with E-state index in [1.165, 1.54) is 7.11 Å². The second kappa shape index (κ2) is 7.57. The molecule has 20 heavy (non-hydrogen) atoms. The number of rotatable bonds is 4. The Kier molecular flexibility index (Phi) is 6.39. The Morgan fingerprint density at radius 3 is 2.75 bits per heavy atom. The number of nitrogens with one attached hydrogen (secondary N) is 1. The lowest BCUT2D eigenvalue weighted by Gasteiger charge is -2.14. The van der Waals surface area contributed by atoms with Gasteiger partial charge < -0.3 is 19.5 Å². The Hall–Kier alpha value is -1.17. The molecule has 1 saturated heterocycles. The number of ether oxygens (including phenoxy) is 3. The monoisotopic (exact) mass is 321 g/mol. The summed E-state index contributed by atoms with van der Waals surface area (Å²) in [7, 11) is 2.95. The van der Waals surface area contributed by atoms with Gasteiger partial charge in [-0.1, -0.05) is 11.6 Å². The zero-order valence-corrected chi connectivity index (χ0v) is 12.8. The van der Waals surface area contributed by atoms with Gasteiger partial charge >= 0.3 is 5.97 Å². The molecule has 1 aromatic rings. The third-order valence-corrected chi connectivity index (χ3v) is 3.30. The van der Waals surface area contributed by atoms with Crippen LogP contribution in [0.5, 0.6) is 11.5 Å². The highest BCUT2D eigenvalue weighted by Crippen LogP contribution is 2.30. The molecule has 1 fully saturated rings. The van der Waals surface area contributed by atoms with E-state index in [1.807, 2.05) is 0 Å². The molecule has 2 atom stereocenters. The van der Waals surface area contributed by atoms with E-state index in [-0.39, 0.29) is 30.5 Å². The second-order valence-corrected chi connectivity index (χ2v) is 4.66. The van der Waals surface area contributed by atoms with Gasteiger partial charge in [-0.25, -0.2) is 0 Å². The summed E-state index contributed by atoms with van der Waals surface area (Å²) >= 11 is 6.10. The third-order valence-electron chi connectivity index (χ3n) is 3.01. The maximum atomic E-state index is 11.4. The zero-order valence-electron chi connectivity index (χ0n) is 11.2. The second-order valence-electron chi connectivity index (χ2n) is 4.26. The van der Waals surface area contributed by atoms with Gasteiger partial charge in [-0.2, -0.15) is 0 Å². The topological polar surface area (TPSA) is 56.8 Å². The van der Waals surface area contributed by atoms with Crippen LogP contribution >= 0.6 is 24.0 Å². The predicted octanol–water partition coefficient (Wildman–Crippen LogP) is 2.05. The molecule has 2 rings (SSSR count). The van der Waals surface area contributed by atoms with E-state index in [0.29, 0.717) is 29.5 Å². The molecule has 1 aliphatic heterocycles. The van der Waals surface area contributed by atoms with E-state index in [1.54, 1.807) is 25.3 Å². The minimum atomic E-state index is -0.313. The molecule has 0 unspecified atom stereocenters. The molecule has 0 radical (unpaired) electrons. The van der Waals surface area contributed by atoms with Crippen LogP contribution < -0.4 is 14.8 Å². The molecule has 1 aliphatic rings. The normalized spacial score (nSPS) is 20.9. The number of benzene rings is 1. The van der Waals surface area contributed by atoms with Crippen molar-refractivity contribution in [1.29, 1.82) is 0 Å². The number of carbonyl (C=O) groups is 1. The number of hydrogen-bond acceptors (Lipinski definition) is 5. The van der Waals surface area contributed by atoms with Crippen LogP contribution in [0.1, 0.15) is 6.42 Å². The maximum Gasteiger partial charge on any atom is 0.323 e. The van der Waals surface area contributed by atoms with Crippen molar-refractivity contribution in [2.45, 2.75) is 18.6 Å². The van der Waals surface area contributed by atoms with Crippen molar-refractivity contribution in [1.82, 2.24) is 5.32 Å². The summed E-state index contributed by atoms with van der Waals surface area (Å²) in [6.45, 7) is 0.585. The van der Waals surface area contributed by atoms with Crippen LogP contribution in [-0.2, 0) is 9.53 Å². The van der Waals surface area contributed by atoms with Crippen molar-refractivity contribution in [3.8, 4) is 11.5 Å². The SMILES string of the molecule is COC(=O)[C@@H]1C[C@@H](Oc2ccc(OC)cc2Cl)CN1.Cl. The number of esters is 1. The number of halogens is 2. The highest BCUT2D eigenvalue weighted by Gasteiger charge is 2.31. The molecule has 0 amide bonds. The highest BCUT2D eigenvalue weighted by molar-refractivity contribution is 6.32. The quantitative estimate of drug-likeness (QED) is 0.860.